The summed E-state index contributed by atoms with van der Waals surface area (Å²) in [6.45, 7) is 0. The van der Waals surface area contributed by atoms with E-state index in [0.717, 1.165) is 11.1 Å². The van der Waals surface area contributed by atoms with Gasteiger partial charge in [0.1, 0.15) is 4.75 Å². The van der Waals surface area contributed by atoms with Crippen molar-refractivity contribution in [3.63, 3.8) is 0 Å². The third-order valence-electron chi connectivity index (χ3n) is 2.99. The molecule has 0 spiro atoms. The van der Waals surface area contributed by atoms with Crippen molar-refractivity contribution in [2.45, 2.75) is 11.2 Å². The van der Waals surface area contributed by atoms with Gasteiger partial charge >= 0.3 is 5.97 Å². The molecule has 0 aliphatic heterocycles. The summed E-state index contributed by atoms with van der Waals surface area (Å²) in [6, 6.07) is 10.0. The van der Waals surface area contributed by atoms with Crippen LogP contribution in [0.4, 0.5) is 0 Å². The van der Waals surface area contributed by atoms with Gasteiger partial charge in [0.15, 0.2) is 0 Å². The van der Waals surface area contributed by atoms with Crippen molar-refractivity contribution in [1.82, 2.24) is 0 Å². The summed E-state index contributed by atoms with van der Waals surface area (Å²) in [5.41, 5.74) is 2.22. The summed E-state index contributed by atoms with van der Waals surface area (Å²) in [5, 5.41) is 9.24. The second kappa shape index (κ2) is 4.80. The molecule has 0 aromatic heterocycles. The molecule has 1 aliphatic rings. The topological polar surface area (TPSA) is 37.3 Å². The van der Waals surface area contributed by atoms with Gasteiger partial charge in [0.2, 0.25) is 0 Å². The summed E-state index contributed by atoms with van der Waals surface area (Å²) in [5.74, 6) is -0.774. The molecule has 1 aromatic rings. The number of carboxylic acids is 1. The molecule has 1 aliphatic carbocycles. The van der Waals surface area contributed by atoms with Crippen molar-refractivity contribution in [2.75, 3.05) is 6.26 Å². The van der Waals surface area contributed by atoms with Crippen LogP contribution in [-0.2, 0) is 4.79 Å². The number of carbonyl (C=O) groups is 1. The number of hydrogen-bond acceptors (Lipinski definition) is 2. The molecule has 0 amide bonds. The summed E-state index contributed by atoms with van der Waals surface area (Å²) < 4.78 is -0.793. The van der Waals surface area contributed by atoms with Gasteiger partial charge in [-0.05, 0) is 23.8 Å². The Morgan fingerprint density at radius 3 is 2.53 bits per heavy atom. The minimum atomic E-state index is -0.793. The van der Waals surface area contributed by atoms with Gasteiger partial charge < -0.3 is 5.11 Å². The number of allylic oxidation sites excluding steroid dienone is 3. The molecular weight excluding hydrogens is 232 g/mol. The second-order valence-corrected chi connectivity index (χ2v) is 5.10. The van der Waals surface area contributed by atoms with Crippen LogP contribution in [0.1, 0.15) is 12.0 Å². The van der Waals surface area contributed by atoms with Gasteiger partial charge in [-0.15, -0.1) is 11.8 Å². The van der Waals surface area contributed by atoms with Crippen LogP contribution in [-0.4, -0.2) is 22.1 Å². The van der Waals surface area contributed by atoms with Crippen LogP contribution < -0.4 is 0 Å². The summed E-state index contributed by atoms with van der Waals surface area (Å²) in [6.07, 6.45) is 8.07. The first kappa shape index (κ1) is 12.0. The van der Waals surface area contributed by atoms with Crippen LogP contribution in [0.5, 0.6) is 0 Å². The lowest BCUT2D eigenvalue weighted by Crippen LogP contribution is -2.33. The van der Waals surface area contributed by atoms with E-state index in [1.807, 2.05) is 48.7 Å². The fraction of sp³-hybridized carbons (Fsp3) is 0.214. The highest BCUT2D eigenvalue weighted by Gasteiger charge is 2.35. The van der Waals surface area contributed by atoms with E-state index in [9.17, 15) is 9.90 Å². The molecule has 1 unspecified atom stereocenters. The molecule has 0 fully saturated rings. The molecule has 88 valence electrons. The summed E-state index contributed by atoms with van der Waals surface area (Å²) >= 11 is 1.37. The molecule has 0 bridgehead atoms. The first-order valence-electron chi connectivity index (χ1n) is 5.41. The monoisotopic (exact) mass is 246 g/mol. The molecule has 0 saturated heterocycles. The van der Waals surface area contributed by atoms with E-state index in [4.69, 9.17) is 0 Å². The van der Waals surface area contributed by atoms with Crippen molar-refractivity contribution >= 4 is 23.3 Å². The van der Waals surface area contributed by atoms with Crippen molar-refractivity contribution in [3.05, 3.63) is 54.1 Å². The molecule has 1 aromatic carbocycles. The largest absolute Gasteiger partial charge is 0.480 e. The molecular formula is C14H14O2S. The Hall–Kier alpha value is -1.48. The molecule has 0 heterocycles. The minimum absolute atomic E-state index is 0.532. The molecule has 2 nitrogen and oxygen atoms in total. The Bertz CT molecular complexity index is 476. The van der Waals surface area contributed by atoms with Gasteiger partial charge in [0.25, 0.3) is 0 Å². The van der Waals surface area contributed by atoms with Crippen LogP contribution in [0.15, 0.2) is 48.6 Å². The first-order valence-corrected chi connectivity index (χ1v) is 6.64. The van der Waals surface area contributed by atoms with E-state index in [2.05, 4.69) is 0 Å². The van der Waals surface area contributed by atoms with E-state index in [0.29, 0.717) is 6.42 Å². The zero-order chi connectivity index (χ0) is 12.3. The van der Waals surface area contributed by atoms with Crippen molar-refractivity contribution in [3.8, 4) is 0 Å². The quantitative estimate of drug-likeness (QED) is 0.889. The average Bonchev–Trinajstić information content (AvgIpc) is 2.39. The van der Waals surface area contributed by atoms with Crippen LogP contribution in [0.2, 0.25) is 0 Å². The lowest BCUT2D eigenvalue weighted by molar-refractivity contribution is -0.138. The predicted molar refractivity (Wildman–Crippen MR) is 72.1 cm³/mol. The maximum absolute atomic E-state index is 11.2. The smallest absolute Gasteiger partial charge is 0.324 e. The normalized spacial score (nSPS) is 23.2. The standard InChI is InChI=1S/C14H14O2S/c1-17-14(13(15)16)9-7-12(8-10-14)11-5-3-2-4-6-11/h2-9H,10H2,1H3,(H,15,16). The van der Waals surface area contributed by atoms with Gasteiger partial charge in [-0.25, -0.2) is 0 Å². The molecule has 0 radical (unpaired) electrons. The zero-order valence-corrected chi connectivity index (χ0v) is 10.4. The number of aliphatic carboxylic acids is 1. The van der Waals surface area contributed by atoms with E-state index >= 15 is 0 Å². The molecule has 17 heavy (non-hydrogen) atoms. The van der Waals surface area contributed by atoms with Crippen molar-refractivity contribution < 1.29 is 9.90 Å². The van der Waals surface area contributed by atoms with Gasteiger partial charge in [-0.2, -0.15) is 0 Å². The van der Waals surface area contributed by atoms with Gasteiger partial charge in [-0.3, -0.25) is 4.79 Å². The Kier molecular flexibility index (Phi) is 3.38. The van der Waals surface area contributed by atoms with E-state index in [-0.39, 0.29) is 0 Å². The second-order valence-electron chi connectivity index (χ2n) is 3.96. The minimum Gasteiger partial charge on any atom is -0.480 e. The third-order valence-corrected chi connectivity index (χ3v) is 4.20. The Balaban J connectivity index is 2.25. The van der Waals surface area contributed by atoms with Crippen LogP contribution in [0, 0.1) is 0 Å². The van der Waals surface area contributed by atoms with Crippen LogP contribution in [0.3, 0.4) is 0 Å². The SMILES string of the molecule is CSC1(C(=O)O)C=CC(c2ccccc2)=CC1. The third kappa shape index (κ3) is 2.29. The number of rotatable bonds is 3. The summed E-state index contributed by atoms with van der Waals surface area (Å²) in [7, 11) is 0. The zero-order valence-electron chi connectivity index (χ0n) is 9.59. The highest BCUT2D eigenvalue weighted by Crippen LogP contribution is 2.35. The number of thioether (sulfide) groups is 1. The first-order chi connectivity index (χ1) is 8.18. The molecule has 3 heteroatoms. The molecule has 1 atom stereocenters. The number of benzene rings is 1. The highest BCUT2D eigenvalue weighted by atomic mass is 32.2. The van der Waals surface area contributed by atoms with Crippen LogP contribution >= 0.6 is 11.8 Å². The summed E-state index contributed by atoms with van der Waals surface area (Å²) in [4.78, 5) is 11.2. The highest BCUT2D eigenvalue weighted by molar-refractivity contribution is 8.00. The lowest BCUT2D eigenvalue weighted by Gasteiger charge is -2.25. The molecule has 1 N–H and O–H groups in total. The number of carboxylic acid groups (broad SMARTS) is 1. The van der Waals surface area contributed by atoms with E-state index in [1.165, 1.54) is 11.8 Å². The number of hydrogen-bond donors (Lipinski definition) is 1. The maximum Gasteiger partial charge on any atom is 0.324 e. The van der Waals surface area contributed by atoms with Gasteiger partial charge in [-0.1, -0.05) is 48.6 Å². The Labute approximate surface area is 105 Å². The van der Waals surface area contributed by atoms with Crippen molar-refractivity contribution in [1.29, 1.82) is 0 Å². The van der Waals surface area contributed by atoms with Gasteiger partial charge in [0.05, 0.1) is 0 Å². The molecule has 0 saturated carbocycles. The Morgan fingerprint density at radius 2 is 2.06 bits per heavy atom. The van der Waals surface area contributed by atoms with E-state index < -0.39 is 10.7 Å². The lowest BCUT2D eigenvalue weighted by atomic mass is 9.92. The molecule has 2 rings (SSSR count). The fourth-order valence-corrected chi connectivity index (χ4v) is 2.49. The maximum atomic E-state index is 11.2. The predicted octanol–water partition coefficient (Wildman–Crippen LogP) is 3.22. The Morgan fingerprint density at radius 1 is 1.35 bits per heavy atom. The average molecular weight is 246 g/mol. The van der Waals surface area contributed by atoms with Gasteiger partial charge in [0, 0.05) is 0 Å². The van der Waals surface area contributed by atoms with Crippen molar-refractivity contribution in [2.24, 2.45) is 0 Å². The van der Waals surface area contributed by atoms with Crippen LogP contribution in [0.25, 0.3) is 5.57 Å². The fourth-order valence-electron chi connectivity index (χ4n) is 1.86. The van der Waals surface area contributed by atoms with E-state index in [1.54, 1.807) is 6.08 Å².